The van der Waals surface area contributed by atoms with Gasteiger partial charge in [0.05, 0.1) is 23.8 Å². The highest BCUT2D eigenvalue weighted by Gasteiger charge is 2.21. The molecule has 0 saturated heterocycles. The second-order valence-electron chi connectivity index (χ2n) is 5.13. The van der Waals surface area contributed by atoms with Gasteiger partial charge in [0.15, 0.2) is 0 Å². The number of amides is 1. The molecular weight excluding hydrogens is 290 g/mol. The van der Waals surface area contributed by atoms with E-state index in [1.807, 2.05) is 37.3 Å². The van der Waals surface area contributed by atoms with E-state index < -0.39 is 5.97 Å². The molecule has 23 heavy (non-hydrogen) atoms. The predicted molar refractivity (Wildman–Crippen MR) is 90.5 cm³/mol. The summed E-state index contributed by atoms with van der Waals surface area (Å²) in [4.78, 5) is 24.6. The Morgan fingerprint density at radius 3 is 2.30 bits per heavy atom. The minimum atomic E-state index is -0.434. The Balaban J connectivity index is 2.21. The van der Waals surface area contributed by atoms with Crippen LogP contribution in [0.25, 0.3) is 0 Å². The first kappa shape index (κ1) is 16.7. The maximum atomic E-state index is 12.6. The number of para-hydroxylation sites is 1. The summed E-state index contributed by atoms with van der Waals surface area (Å²) >= 11 is 0. The summed E-state index contributed by atoms with van der Waals surface area (Å²) in [5.41, 5.74) is 1.80. The van der Waals surface area contributed by atoms with Gasteiger partial charge in [-0.3, -0.25) is 4.79 Å². The van der Waals surface area contributed by atoms with Gasteiger partial charge in [0.25, 0.3) is 0 Å². The van der Waals surface area contributed by atoms with Crippen molar-refractivity contribution in [3.63, 3.8) is 0 Å². The molecule has 2 aromatic carbocycles. The van der Waals surface area contributed by atoms with Crippen LogP contribution in [-0.2, 0) is 9.53 Å². The van der Waals surface area contributed by atoms with E-state index in [1.165, 1.54) is 0 Å². The Kier molecular flexibility index (Phi) is 5.92. The van der Waals surface area contributed by atoms with E-state index in [0.29, 0.717) is 24.3 Å². The molecule has 4 nitrogen and oxygen atoms in total. The lowest BCUT2D eigenvalue weighted by atomic mass is 9.95. The van der Waals surface area contributed by atoms with Gasteiger partial charge in [-0.2, -0.15) is 0 Å². The van der Waals surface area contributed by atoms with Crippen LogP contribution in [0.2, 0.25) is 0 Å². The topological polar surface area (TPSA) is 55.4 Å². The van der Waals surface area contributed by atoms with E-state index in [1.54, 1.807) is 31.2 Å². The summed E-state index contributed by atoms with van der Waals surface area (Å²) in [6.07, 6.45) is 0.678. The minimum absolute atomic E-state index is 0.129. The average molecular weight is 311 g/mol. The summed E-state index contributed by atoms with van der Waals surface area (Å²) in [6, 6.07) is 16.5. The molecule has 1 atom stereocenters. The number of anilines is 1. The number of hydrogen-bond acceptors (Lipinski definition) is 3. The second-order valence-corrected chi connectivity index (χ2v) is 5.13. The summed E-state index contributed by atoms with van der Waals surface area (Å²) < 4.78 is 5.03. The van der Waals surface area contributed by atoms with Crippen LogP contribution in [-0.4, -0.2) is 18.5 Å². The van der Waals surface area contributed by atoms with Crippen LogP contribution in [0.5, 0.6) is 0 Å². The number of carbonyl (C=O) groups is 2. The molecule has 0 bridgehead atoms. The molecule has 2 rings (SSSR count). The molecule has 0 fully saturated rings. The monoisotopic (exact) mass is 311 g/mol. The Bertz CT molecular complexity index is 667. The number of carbonyl (C=O) groups excluding carboxylic acids is 2. The largest absolute Gasteiger partial charge is 0.462 e. The predicted octanol–water partition coefficient (Wildman–Crippen LogP) is 4.00. The third kappa shape index (κ3) is 4.19. The van der Waals surface area contributed by atoms with Crippen molar-refractivity contribution in [1.29, 1.82) is 0 Å². The highest BCUT2D eigenvalue weighted by Crippen LogP contribution is 2.23. The Labute approximate surface area is 136 Å². The zero-order valence-corrected chi connectivity index (χ0v) is 13.4. The van der Waals surface area contributed by atoms with Gasteiger partial charge < -0.3 is 10.1 Å². The van der Waals surface area contributed by atoms with Gasteiger partial charge >= 0.3 is 5.97 Å². The fourth-order valence-electron chi connectivity index (χ4n) is 2.46. The van der Waals surface area contributed by atoms with Crippen LogP contribution < -0.4 is 5.32 Å². The van der Waals surface area contributed by atoms with E-state index in [2.05, 4.69) is 5.32 Å². The van der Waals surface area contributed by atoms with Crippen molar-refractivity contribution in [1.82, 2.24) is 0 Å². The van der Waals surface area contributed by atoms with E-state index in [4.69, 9.17) is 4.74 Å². The minimum Gasteiger partial charge on any atom is -0.462 e. The van der Waals surface area contributed by atoms with Crippen molar-refractivity contribution in [2.75, 3.05) is 11.9 Å². The lowest BCUT2D eigenvalue weighted by Gasteiger charge is -2.17. The summed E-state index contributed by atoms with van der Waals surface area (Å²) in [7, 11) is 0. The molecule has 2 aromatic rings. The maximum absolute atomic E-state index is 12.6. The van der Waals surface area contributed by atoms with Gasteiger partial charge in [-0.1, -0.05) is 49.4 Å². The number of nitrogens with one attached hydrogen (secondary N) is 1. The molecule has 0 aromatic heterocycles. The highest BCUT2D eigenvalue weighted by atomic mass is 16.5. The molecule has 0 aliphatic rings. The maximum Gasteiger partial charge on any atom is 0.340 e. The number of benzene rings is 2. The van der Waals surface area contributed by atoms with Gasteiger partial charge in [0, 0.05) is 0 Å². The van der Waals surface area contributed by atoms with Crippen LogP contribution >= 0.6 is 0 Å². The van der Waals surface area contributed by atoms with Crippen molar-refractivity contribution >= 4 is 17.6 Å². The quantitative estimate of drug-likeness (QED) is 0.821. The molecule has 4 heteroatoms. The molecule has 1 N–H and O–H groups in total. The number of ether oxygens (including phenoxy) is 1. The lowest BCUT2D eigenvalue weighted by Crippen LogP contribution is -2.22. The molecule has 0 aliphatic heterocycles. The standard InChI is InChI=1S/C19H21NO3/c1-3-15(14-10-6-5-7-11-14)18(21)20-17-13-9-8-12-16(17)19(22)23-4-2/h5-13,15H,3-4H2,1-2H3,(H,20,21)/t15-/m1/s1. The van der Waals surface area contributed by atoms with Gasteiger partial charge in [0.2, 0.25) is 5.91 Å². The van der Waals surface area contributed by atoms with Crippen molar-refractivity contribution in [3.8, 4) is 0 Å². The molecule has 0 aliphatic carbocycles. The zero-order valence-electron chi connectivity index (χ0n) is 13.4. The van der Waals surface area contributed by atoms with Gasteiger partial charge in [-0.15, -0.1) is 0 Å². The Morgan fingerprint density at radius 2 is 1.65 bits per heavy atom. The van der Waals surface area contributed by atoms with Crippen LogP contribution in [0.4, 0.5) is 5.69 Å². The third-order valence-electron chi connectivity index (χ3n) is 3.61. The summed E-state index contributed by atoms with van der Waals surface area (Å²) in [6.45, 7) is 4.01. The van der Waals surface area contributed by atoms with Crippen LogP contribution in [0.15, 0.2) is 54.6 Å². The Morgan fingerprint density at radius 1 is 1.00 bits per heavy atom. The van der Waals surface area contributed by atoms with Crippen LogP contribution in [0, 0.1) is 0 Å². The Hall–Kier alpha value is -2.62. The van der Waals surface area contributed by atoms with Gasteiger partial charge in [0.1, 0.15) is 0 Å². The molecule has 0 radical (unpaired) electrons. The van der Waals surface area contributed by atoms with E-state index in [-0.39, 0.29) is 11.8 Å². The van der Waals surface area contributed by atoms with E-state index in [9.17, 15) is 9.59 Å². The average Bonchev–Trinajstić information content (AvgIpc) is 2.57. The number of hydrogen-bond donors (Lipinski definition) is 1. The van der Waals surface area contributed by atoms with Crippen LogP contribution in [0.3, 0.4) is 0 Å². The molecule has 0 saturated carbocycles. The van der Waals surface area contributed by atoms with Crippen molar-refractivity contribution < 1.29 is 14.3 Å². The molecule has 1 amide bonds. The number of esters is 1. The molecule has 0 unspecified atom stereocenters. The normalized spacial score (nSPS) is 11.6. The first-order valence-corrected chi connectivity index (χ1v) is 7.79. The zero-order chi connectivity index (χ0) is 16.7. The first-order valence-electron chi connectivity index (χ1n) is 7.79. The van der Waals surface area contributed by atoms with Crippen molar-refractivity contribution in [2.45, 2.75) is 26.2 Å². The van der Waals surface area contributed by atoms with E-state index in [0.717, 1.165) is 5.56 Å². The van der Waals surface area contributed by atoms with Gasteiger partial charge in [-0.05, 0) is 31.0 Å². The number of rotatable bonds is 6. The molecule has 120 valence electrons. The molecular formula is C19H21NO3. The van der Waals surface area contributed by atoms with E-state index >= 15 is 0 Å². The fourth-order valence-corrected chi connectivity index (χ4v) is 2.46. The van der Waals surface area contributed by atoms with Crippen molar-refractivity contribution in [3.05, 3.63) is 65.7 Å². The van der Waals surface area contributed by atoms with Crippen molar-refractivity contribution in [2.24, 2.45) is 0 Å². The smallest absolute Gasteiger partial charge is 0.340 e. The SMILES string of the molecule is CCOC(=O)c1ccccc1NC(=O)[C@H](CC)c1ccccc1. The third-order valence-corrected chi connectivity index (χ3v) is 3.61. The summed E-state index contributed by atoms with van der Waals surface area (Å²) in [5, 5.41) is 2.86. The second kappa shape index (κ2) is 8.13. The van der Waals surface area contributed by atoms with Gasteiger partial charge in [-0.25, -0.2) is 4.79 Å². The highest BCUT2D eigenvalue weighted by molar-refractivity contribution is 6.03. The first-order chi connectivity index (χ1) is 11.2. The fraction of sp³-hybridized carbons (Fsp3) is 0.263. The van der Waals surface area contributed by atoms with Crippen LogP contribution in [0.1, 0.15) is 42.1 Å². The lowest BCUT2D eigenvalue weighted by molar-refractivity contribution is -0.117. The molecule has 0 heterocycles. The summed E-state index contributed by atoms with van der Waals surface area (Å²) in [5.74, 6) is -0.821. The molecule has 0 spiro atoms.